The van der Waals surface area contributed by atoms with Crippen molar-refractivity contribution < 1.29 is 19.0 Å². The maximum atomic E-state index is 14.2. The van der Waals surface area contributed by atoms with Crippen LogP contribution in [-0.4, -0.2) is 25.6 Å². The lowest BCUT2D eigenvalue weighted by atomic mass is 9.78. The molecule has 0 saturated heterocycles. The van der Waals surface area contributed by atoms with Gasteiger partial charge in [0.15, 0.2) is 0 Å². The smallest absolute Gasteiger partial charge is 0.307 e. The Labute approximate surface area is 233 Å². The van der Waals surface area contributed by atoms with Crippen molar-refractivity contribution in [3.8, 4) is 5.75 Å². The van der Waals surface area contributed by atoms with Crippen LogP contribution in [0.5, 0.6) is 5.75 Å². The molecule has 2 aromatic heterocycles. The predicted octanol–water partition coefficient (Wildman–Crippen LogP) is 7.47. The molecule has 0 bridgehead atoms. The topological polar surface area (TPSA) is 77.2 Å². The molecule has 0 unspecified atom stereocenters. The summed E-state index contributed by atoms with van der Waals surface area (Å²) >= 11 is 3.50. The van der Waals surface area contributed by atoms with Crippen LogP contribution in [-0.2, 0) is 17.9 Å². The van der Waals surface area contributed by atoms with E-state index < -0.39 is 11.9 Å². The number of hydrogen-bond donors (Lipinski definition) is 1. The first-order chi connectivity index (χ1) is 19.0. The summed E-state index contributed by atoms with van der Waals surface area (Å²) in [5.41, 5.74) is 3.75. The minimum absolute atomic E-state index is 0.153. The van der Waals surface area contributed by atoms with E-state index in [4.69, 9.17) is 9.72 Å². The Morgan fingerprint density at radius 1 is 1.03 bits per heavy atom. The molecule has 1 saturated carbocycles. The van der Waals surface area contributed by atoms with Crippen molar-refractivity contribution in [2.75, 3.05) is 0 Å². The van der Waals surface area contributed by atoms with Crippen LogP contribution in [0.1, 0.15) is 48.7 Å². The minimum atomic E-state index is -0.759. The lowest BCUT2D eigenvalue weighted by Crippen LogP contribution is -2.27. The SMILES string of the molecule is O=C(O)[C@@H]1CCCC[C@@H]1c1nc2cc(OCc3ccc4cccc(F)c4n3)ccc2n1Cc1ccc(Br)cc1. The monoisotopic (exact) mass is 587 g/mol. The van der Waals surface area contributed by atoms with Crippen LogP contribution < -0.4 is 4.74 Å². The van der Waals surface area contributed by atoms with Crippen LogP contribution in [0.4, 0.5) is 4.39 Å². The lowest BCUT2D eigenvalue weighted by molar-refractivity contribution is -0.143. The molecule has 6 nitrogen and oxygen atoms in total. The van der Waals surface area contributed by atoms with Crippen molar-refractivity contribution in [1.82, 2.24) is 14.5 Å². The molecule has 5 aromatic rings. The van der Waals surface area contributed by atoms with Gasteiger partial charge in [0.25, 0.3) is 0 Å². The normalized spacial score (nSPS) is 17.5. The standard InChI is InChI=1S/C31H27BrFN3O3/c32-21-11-8-19(9-12-21)17-36-28-15-14-23(39-18-22-13-10-20-4-3-7-26(33)29(20)34-22)16-27(28)35-30(36)24-5-1-2-6-25(24)31(37)38/h3-4,7-16,24-25H,1-2,5-6,17-18H2,(H,37,38)/t24-,25+/m0/s1. The fourth-order valence-corrected chi connectivity index (χ4v) is 5.83. The number of pyridine rings is 1. The van der Waals surface area contributed by atoms with Crippen molar-refractivity contribution >= 4 is 43.8 Å². The highest BCUT2D eigenvalue weighted by Gasteiger charge is 2.35. The molecule has 8 heteroatoms. The van der Waals surface area contributed by atoms with Gasteiger partial charge in [0.2, 0.25) is 0 Å². The number of fused-ring (bicyclic) bond motifs is 2. The number of aromatic nitrogens is 3. The molecule has 1 N–H and O–H groups in total. The third-order valence-electron chi connectivity index (χ3n) is 7.53. The lowest BCUT2D eigenvalue weighted by Gasteiger charge is -2.28. The Morgan fingerprint density at radius 3 is 2.67 bits per heavy atom. The molecular weight excluding hydrogens is 561 g/mol. The number of para-hydroxylation sites is 1. The van der Waals surface area contributed by atoms with E-state index in [1.807, 2.05) is 48.5 Å². The number of carboxylic acid groups (broad SMARTS) is 1. The third kappa shape index (κ3) is 5.26. The number of rotatable bonds is 7. The van der Waals surface area contributed by atoms with Crippen LogP contribution in [0, 0.1) is 11.7 Å². The Hall–Kier alpha value is -3.78. The molecular formula is C31H27BrFN3O3. The number of hydrogen-bond acceptors (Lipinski definition) is 4. The number of aliphatic carboxylic acids is 1. The first-order valence-electron chi connectivity index (χ1n) is 13.1. The van der Waals surface area contributed by atoms with Gasteiger partial charge >= 0.3 is 5.97 Å². The van der Waals surface area contributed by atoms with Gasteiger partial charge in [-0.3, -0.25) is 4.79 Å². The van der Waals surface area contributed by atoms with E-state index in [2.05, 4.69) is 37.6 Å². The van der Waals surface area contributed by atoms with Crippen molar-refractivity contribution in [2.45, 2.75) is 44.8 Å². The van der Waals surface area contributed by atoms with Gasteiger partial charge in [0.1, 0.15) is 29.5 Å². The second-order valence-corrected chi connectivity index (χ2v) is 11.0. The molecule has 0 amide bonds. The largest absolute Gasteiger partial charge is 0.487 e. The number of imidazole rings is 1. The van der Waals surface area contributed by atoms with Crippen LogP contribution in [0.15, 0.2) is 77.3 Å². The van der Waals surface area contributed by atoms with Gasteiger partial charge in [-0.05, 0) is 54.8 Å². The Morgan fingerprint density at radius 2 is 1.85 bits per heavy atom. The van der Waals surface area contributed by atoms with Gasteiger partial charge in [-0.15, -0.1) is 0 Å². The average molecular weight is 588 g/mol. The Bertz CT molecular complexity index is 1670. The molecule has 0 aliphatic heterocycles. The highest BCUT2D eigenvalue weighted by molar-refractivity contribution is 9.10. The average Bonchev–Trinajstić information content (AvgIpc) is 3.30. The third-order valence-corrected chi connectivity index (χ3v) is 8.06. The molecule has 1 aliphatic carbocycles. The zero-order chi connectivity index (χ0) is 26.9. The number of nitrogens with zero attached hydrogens (tertiary/aromatic N) is 3. The summed E-state index contributed by atoms with van der Waals surface area (Å²) in [6, 6.07) is 22.5. The zero-order valence-electron chi connectivity index (χ0n) is 21.2. The Kier molecular flexibility index (Phi) is 7.04. The maximum Gasteiger partial charge on any atom is 0.307 e. The summed E-state index contributed by atoms with van der Waals surface area (Å²) in [5, 5.41) is 10.7. The van der Waals surface area contributed by atoms with Crippen LogP contribution in [0.2, 0.25) is 0 Å². The fraction of sp³-hybridized carbons (Fsp3) is 0.258. The van der Waals surface area contributed by atoms with Gasteiger partial charge in [-0.1, -0.05) is 59.1 Å². The molecule has 1 fully saturated rings. The van der Waals surface area contributed by atoms with Gasteiger partial charge in [0, 0.05) is 28.4 Å². The number of carbonyl (C=O) groups is 1. The van der Waals surface area contributed by atoms with Crippen molar-refractivity contribution in [3.05, 3.63) is 100 Å². The second-order valence-electron chi connectivity index (χ2n) is 10.1. The number of halogens is 2. The van der Waals surface area contributed by atoms with E-state index in [1.165, 1.54) is 6.07 Å². The fourth-order valence-electron chi connectivity index (χ4n) is 5.56. The molecule has 1 aliphatic rings. The molecule has 6 rings (SSSR count). The summed E-state index contributed by atoms with van der Waals surface area (Å²) in [6.45, 7) is 0.778. The quantitative estimate of drug-likeness (QED) is 0.214. The summed E-state index contributed by atoms with van der Waals surface area (Å²) in [4.78, 5) is 21.6. The van der Waals surface area contributed by atoms with E-state index in [-0.39, 0.29) is 18.3 Å². The zero-order valence-corrected chi connectivity index (χ0v) is 22.8. The molecule has 3 aromatic carbocycles. The number of ether oxygens (including phenoxy) is 1. The summed E-state index contributed by atoms with van der Waals surface area (Å²) in [6.07, 6.45) is 3.37. The summed E-state index contributed by atoms with van der Waals surface area (Å²) < 4.78 is 23.4. The number of carboxylic acids is 1. The van der Waals surface area contributed by atoms with Crippen LogP contribution >= 0.6 is 15.9 Å². The Balaban J connectivity index is 1.33. The minimum Gasteiger partial charge on any atom is -0.487 e. The van der Waals surface area contributed by atoms with E-state index in [0.717, 1.165) is 51.5 Å². The summed E-state index contributed by atoms with van der Waals surface area (Å²) in [5.74, 6) is -0.290. The summed E-state index contributed by atoms with van der Waals surface area (Å²) in [7, 11) is 0. The van der Waals surface area contributed by atoms with Crippen molar-refractivity contribution in [2.24, 2.45) is 5.92 Å². The van der Waals surface area contributed by atoms with Crippen molar-refractivity contribution in [1.29, 1.82) is 0 Å². The molecule has 0 spiro atoms. The molecule has 2 atom stereocenters. The van der Waals surface area contributed by atoms with Crippen molar-refractivity contribution in [3.63, 3.8) is 0 Å². The predicted molar refractivity (Wildman–Crippen MR) is 151 cm³/mol. The highest BCUT2D eigenvalue weighted by atomic mass is 79.9. The molecule has 0 radical (unpaired) electrons. The van der Waals surface area contributed by atoms with Crippen LogP contribution in [0.3, 0.4) is 0 Å². The van der Waals surface area contributed by atoms with E-state index >= 15 is 0 Å². The molecule has 2 heterocycles. The highest BCUT2D eigenvalue weighted by Crippen LogP contribution is 2.39. The first-order valence-corrected chi connectivity index (χ1v) is 13.9. The first kappa shape index (κ1) is 25.5. The van der Waals surface area contributed by atoms with Gasteiger partial charge in [-0.25, -0.2) is 14.4 Å². The van der Waals surface area contributed by atoms with Gasteiger partial charge < -0.3 is 14.4 Å². The van der Waals surface area contributed by atoms with Gasteiger partial charge in [0.05, 0.1) is 22.6 Å². The van der Waals surface area contributed by atoms with E-state index in [0.29, 0.717) is 29.9 Å². The van der Waals surface area contributed by atoms with E-state index in [1.54, 1.807) is 6.07 Å². The molecule has 39 heavy (non-hydrogen) atoms. The van der Waals surface area contributed by atoms with Gasteiger partial charge in [-0.2, -0.15) is 0 Å². The maximum absolute atomic E-state index is 14.2. The van der Waals surface area contributed by atoms with Crippen LogP contribution in [0.25, 0.3) is 21.9 Å². The molecule has 198 valence electrons. The second kappa shape index (κ2) is 10.8. The van der Waals surface area contributed by atoms with E-state index in [9.17, 15) is 14.3 Å². The number of benzene rings is 3.